The van der Waals surface area contributed by atoms with Crippen LogP contribution in [0.3, 0.4) is 0 Å². The Bertz CT molecular complexity index is 1410. The van der Waals surface area contributed by atoms with Crippen LogP contribution in [0.1, 0.15) is 18.1 Å². The fraction of sp³-hybridized carbons (Fsp3) is 0.143. The van der Waals surface area contributed by atoms with Crippen molar-refractivity contribution in [1.82, 2.24) is 5.32 Å². The summed E-state index contributed by atoms with van der Waals surface area (Å²) in [5.74, 6) is -0.0376. The van der Waals surface area contributed by atoms with Crippen molar-refractivity contribution in [2.24, 2.45) is 0 Å². The zero-order valence-corrected chi connectivity index (χ0v) is 20.9. The third-order valence-corrected chi connectivity index (χ3v) is 5.62. The van der Waals surface area contributed by atoms with Gasteiger partial charge in [-0.05, 0) is 72.3 Å². The van der Waals surface area contributed by atoms with E-state index in [0.717, 1.165) is 4.90 Å². The Hall–Kier alpha value is -5.12. The SMILES string of the molecule is COc1ccc(N2C(=O)NC(=O)C(=Cc3ccc(OC)c(COc4ccc(NC(C)=O)cc4)c3)C2=O)cc1. The van der Waals surface area contributed by atoms with Crippen LogP contribution in [-0.4, -0.2) is 38.0 Å². The van der Waals surface area contributed by atoms with Crippen molar-refractivity contribution in [3.05, 3.63) is 83.4 Å². The fourth-order valence-electron chi connectivity index (χ4n) is 3.79. The molecule has 4 rings (SSSR count). The number of carbonyl (C=O) groups is 4. The zero-order valence-electron chi connectivity index (χ0n) is 20.9. The largest absolute Gasteiger partial charge is 0.497 e. The molecule has 3 aromatic rings. The average Bonchev–Trinajstić information content (AvgIpc) is 2.90. The number of ether oxygens (including phenoxy) is 3. The summed E-state index contributed by atoms with van der Waals surface area (Å²) >= 11 is 0. The van der Waals surface area contributed by atoms with Crippen LogP contribution in [0.5, 0.6) is 17.2 Å². The van der Waals surface area contributed by atoms with E-state index in [1.54, 1.807) is 66.7 Å². The van der Waals surface area contributed by atoms with Crippen molar-refractivity contribution in [3.8, 4) is 17.2 Å². The molecule has 1 aliphatic heterocycles. The molecule has 0 aromatic heterocycles. The van der Waals surface area contributed by atoms with Crippen molar-refractivity contribution in [2.45, 2.75) is 13.5 Å². The van der Waals surface area contributed by atoms with Crippen molar-refractivity contribution in [3.63, 3.8) is 0 Å². The second-order valence-corrected chi connectivity index (χ2v) is 8.22. The number of carbonyl (C=O) groups excluding carboxylic acids is 4. The molecule has 0 unspecified atom stereocenters. The van der Waals surface area contributed by atoms with E-state index in [4.69, 9.17) is 14.2 Å². The summed E-state index contributed by atoms with van der Waals surface area (Å²) in [6.45, 7) is 1.56. The van der Waals surface area contributed by atoms with Crippen LogP contribution >= 0.6 is 0 Å². The van der Waals surface area contributed by atoms with E-state index in [1.165, 1.54) is 27.2 Å². The number of hydrogen-bond donors (Lipinski definition) is 2. The molecule has 1 fully saturated rings. The number of anilines is 2. The second-order valence-electron chi connectivity index (χ2n) is 8.22. The third kappa shape index (κ3) is 5.81. The molecule has 0 atom stereocenters. The Morgan fingerprint density at radius 1 is 0.921 bits per heavy atom. The van der Waals surface area contributed by atoms with Crippen LogP contribution in [0.15, 0.2) is 72.3 Å². The standard InChI is InChI=1S/C28H25N3O7/c1-17(32)29-20-5-9-23(10-6-20)38-16-19-14-18(4-13-25(19)37-3)15-24-26(33)30-28(35)31(27(24)34)21-7-11-22(36-2)12-8-21/h4-15H,16H2,1-3H3,(H,29,32)(H,30,33,35). The molecule has 3 aromatic carbocycles. The first-order valence-corrected chi connectivity index (χ1v) is 11.5. The van der Waals surface area contributed by atoms with E-state index < -0.39 is 17.8 Å². The van der Waals surface area contributed by atoms with E-state index in [-0.39, 0.29) is 18.1 Å². The minimum absolute atomic E-state index is 0.135. The molecule has 1 saturated heterocycles. The van der Waals surface area contributed by atoms with Crippen LogP contribution < -0.4 is 29.7 Å². The van der Waals surface area contributed by atoms with E-state index in [1.807, 2.05) is 0 Å². The lowest BCUT2D eigenvalue weighted by Gasteiger charge is -2.26. The first-order chi connectivity index (χ1) is 18.3. The highest BCUT2D eigenvalue weighted by Crippen LogP contribution is 2.27. The normalized spacial score (nSPS) is 14.2. The number of rotatable bonds is 8. The molecule has 194 valence electrons. The molecule has 10 nitrogen and oxygen atoms in total. The zero-order chi connectivity index (χ0) is 27.2. The summed E-state index contributed by atoms with van der Waals surface area (Å²) in [5, 5.41) is 4.90. The third-order valence-electron chi connectivity index (χ3n) is 5.62. The summed E-state index contributed by atoms with van der Waals surface area (Å²) in [4.78, 5) is 50.3. The molecule has 0 spiro atoms. The molecule has 0 saturated carbocycles. The number of imide groups is 2. The van der Waals surface area contributed by atoms with Gasteiger partial charge in [0.25, 0.3) is 11.8 Å². The maximum Gasteiger partial charge on any atom is 0.335 e. The Morgan fingerprint density at radius 3 is 2.24 bits per heavy atom. The maximum absolute atomic E-state index is 13.2. The first kappa shape index (κ1) is 26.0. The molecule has 1 aliphatic rings. The lowest BCUT2D eigenvalue weighted by Crippen LogP contribution is -2.54. The van der Waals surface area contributed by atoms with Crippen molar-refractivity contribution >= 4 is 41.2 Å². The molecule has 5 amide bonds. The quantitative estimate of drug-likeness (QED) is 0.344. The van der Waals surface area contributed by atoms with Gasteiger partial charge in [-0.1, -0.05) is 6.07 Å². The topological polar surface area (TPSA) is 123 Å². The van der Waals surface area contributed by atoms with Gasteiger partial charge in [0.2, 0.25) is 5.91 Å². The molecular weight excluding hydrogens is 490 g/mol. The number of urea groups is 1. The summed E-state index contributed by atoms with van der Waals surface area (Å²) in [5.41, 5.74) is 1.94. The van der Waals surface area contributed by atoms with Gasteiger partial charge in [0.1, 0.15) is 29.4 Å². The summed E-state index contributed by atoms with van der Waals surface area (Å²) < 4.78 is 16.4. The van der Waals surface area contributed by atoms with Crippen LogP contribution in [0.4, 0.5) is 16.2 Å². The predicted octanol–water partition coefficient (Wildman–Crippen LogP) is 3.91. The number of barbiturate groups is 1. The van der Waals surface area contributed by atoms with Crippen LogP contribution in [0, 0.1) is 0 Å². The highest BCUT2D eigenvalue weighted by molar-refractivity contribution is 6.39. The Balaban J connectivity index is 1.56. The van der Waals surface area contributed by atoms with Crippen LogP contribution in [0.2, 0.25) is 0 Å². The lowest BCUT2D eigenvalue weighted by atomic mass is 10.0. The molecule has 2 N–H and O–H groups in total. The van der Waals surface area contributed by atoms with Gasteiger partial charge in [0.15, 0.2) is 0 Å². The number of benzene rings is 3. The second kappa shape index (κ2) is 11.3. The molecule has 10 heteroatoms. The van der Waals surface area contributed by atoms with Crippen molar-refractivity contribution < 1.29 is 33.4 Å². The summed E-state index contributed by atoms with van der Waals surface area (Å²) in [6, 6.07) is 17.5. The Morgan fingerprint density at radius 2 is 1.61 bits per heavy atom. The van der Waals surface area contributed by atoms with Gasteiger partial charge in [-0.25, -0.2) is 9.69 Å². The average molecular weight is 516 g/mol. The molecule has 0 bridgehead atoms. The van der Waals surface area contributed by atoms with Gasteiger partial charge in [0, 0.05) is 18.2 Å². The lowest BCUT2D eigenvalue weighted by molar-refractivity contribution is -0.122. The fourth-order valence-corrected chi connectivity index (χ4v) is 3.79. The summed E-state index contributed by atoms with van der Waals surface area (Å²) in [6.07, 6.45) is 1.41. The van der Waals surface area contributed by atoms with Crippen LogP contribution in [-0.2, 0) is 21.0 Å². The van der Waals surface area contributed by atoms with Gasteiger partial charge in [-0.3, -0.25) is 19.7 Å². The minimum atomic E-state index is -0.837. The predicted molar refractivity (Wildman–Crippen MR) is 140 cm³/mol. The van der Waals surface area contributed by atoms with E-state index in [0.29, 0.717) is 39.8 Å². The Kier molecular flexibility index (Phi) is 7.72. The number of hydrogen-bond acceptors (Lipinski definition) is 7. The molecule has 0 aliphatic carbocycles. The van der Waals surface area contributed by atoms with E-state index in [2.05, 4.69) is 10.6 Å². The monoisotopic (exact) mass is 515 g/mol. The number of nitrogens with one attached hydrogen (secondary N) is 2. The smallest absolute Gasteiger partial charge is 0.335 e. The maximum atomic E-state index is 13.2. The van der Waals surface area contributed by atoms with Gasteiger partial charge < -0.3 is 19.5 Å². The van der Waals surface area contributed by atoms with Crippen molar-refractivity contribution in [1.29, 1.82) is 0 Å². The molecule has 0 radical (unpaired) electrons. The number of nitrogens with zero attached hydrogens (tertiary/aromatic N) is 1. The first-order valence-electron chi connectivity index (χ1n) is 11.5. The van der Waals surface area contributed by atoms with Gasteiger partial charge in [-0.15, -0.1) is 0 Å². The highest BCUT2D eigenvalue weighted by atomic mass is 16.5. The molecular formula is C28H25N3O7. The molecule has 1 heterocycles. The molecule has 38 heavy (non-hydrogen) atoms. The Labute approximate surface area is 218 Å². The number of methoxy groups -OCH3 is 2. The van der Waals surface area contributed by atoms with Crippen molar-refractivity contribution in [2.75, 3.05) is 24.4 Å². The highest BCUT2D eigenvalue weighted by Gasteiger charge is 2.36. The van der Waals surface area contributed by atoms with E-state index in [9.17, 15) is 19.2 Å². The number of amides is 5. The van der Waals surface area contributed by atoms with Gasteiger partial charge >= 0.3 is 6.03 Å². The van der Waals surface area contributed by atoms with Gasteiger partial charge in [0.05, 0.1) is 19.9 Å². The van der Waals surface area contributed by atoms with Gasteiger partial charge in [-0.2, -0.15) is 0 Å². The van der Waals surface area contributed by atoms with Crippen LogP contribution in [0.25, 0.3) is 6.08 Å². The minimum Gasteiger partial charge on any atom is -0.497 e. The summed E-state index contributed by atoms with van der Waals surface area (Å²) in [7, 11) is 3.03. The van der Waals surface area contributed by atoms with E-state index >= 15 is 0 Å².